The highest BCUT2D eigenvalue weighted by Gasteiger charge is 2.65. The molecular formula is C39H57N3O10. The number of esters is 2. The van der Waals surface area contributed by atoms with E-state index in [4.69, 9.17) is 23.7 Å². The first-order valence-corrected chi connectivity index (χ1v) is 18.8. The van der Waals surface area contributed by atoms with Gasteiger partial charge in [-0.05, 0) is 118 Å². The Bertz CT molecular complexity index is 1490. The number of para-hydroxylation sites is 1. The van der Waals surface area contributed by atoms with Gasteiger partial charge in [-0.1, -0.05) is 32.9 Å². The summed E-state index contributed by atoms with van der Waals surface area (Å²) in [7, 11) is 4.17. The summed E-state index contributed by atoms with van der Waals surface area (Å²) in [6.07, 6.45) is 6.04. The summed E-state index contributed by atoms with van der Waals surface area (Å²) in [4.78, 5) is 63.1. The second-order valence-corrected chi connectivity index (χ2v) is 15.9. The average molecular weight is 728 g/mol. The number of amides is 3. The van der Waals surface area contributed by atoms with Gasteiger partial charge in [0, 0.05) is 11.8 Å². The Kier molecular flexibility index (Phi) is 12.3. The van der Waals surface area contributed by atoms with E-state index in [1.54, 1.807) is 31.2 Å². The molecule has 4 aliphatic carbocycles. The number of ether oxygens (including phenoxy) is 5. The zero-order valence-corrected chi connectivity index (χ0v) is 31.7. The van der Waals surface area contributed by atoms with Crippen LogP contribution < -0.4 is 20.9 Å². The molecular weight excluding hydrogens is 670 g/mol. The Morgan fingerprint density at radius 3 is 2.31 bits per heavy atom. The van der Waals surface area contributed by atoms with Crippen molar-refractivity contribution in [3.63, 3.8) is 0 Å². The van der Waals surface area contributed by atoms with Gasteiger partial charge in [-0.3, -0.25) is 15.0 Å². The monoisotopic (exact) mass is 727 g/mol. The van der Waals surface area contributed by atoms with E-state index in [1.165, 1.54) is 21.3 Å². The maximum atomic E-state index is 13.4. The molecule has 0 unspecified atom stereocenters. The van der Waals surface area contributed by atoms with Gasteiger partial charge in [0.25, 0.3) is 5.91 Å². The van der Waals surface area contributed by atoms with E-state index in [0.29, 0.717) is 67.1 Å². The summed E-state index contributed by atoms with van der Waals surface area (Å²) in [5.74, 6) is 0.959. The minimum absolute atomic E-state index is 0.0509. The van der Waals surface area contributed by atoms with Crippen LogP contribution in [-0.2, 0) is 28.5 Å². The van der Waals surface area contributed by atoms with Gasteiger partial charge in [0.05, 0.1) is 26.9 Å². The molecule has 0 aliphatic heterocycles. The molecule has 4 fully saturated rings. The second-order valence-electron chi connectivity index (χ2n) is 15.9. The average Bonchev–Trinajstić information content (AvgIpc) is 3.50. The van der Waals surface area contributed by atoms with Crippen LogP contribution in [0.5, 0.6) is 5.75 Å². The number of alkyl carbamates (subject to hydrolysis) is 1. The summed E-state index contributed by atoms with van der Waals surface area (Å²) in [5.41, 5.74) is 4.74. The first-order valence-electron chi connectivity index (χ1n) is 18.8. The van der Waals surface area contributed by atoms with Gasteiger partial charge in [0.2, 0.25) is 0 Å². The van der Waals surface area contributed by atoms with Crippen LogP contribution in [0.15, 0.2) is 24.3 Å². The van der Waals surface area contributed by atoms with Crippen molar-refractivity contribution in [3.8, 4) is 5.75 Å². The van der Waals surface area contributed by atoms with Gasteiger partial charge in [-0.15, -0.1) is 0 Å². The predicted octanol–water partition coefficient (Wildman–Crippen LogP) is 5.95. The van der Waals surface area contributed by atoms with Crippen LogP contribution >= 0.6 is 0 Å². The van der Waals surface area contributed by atoms with Crippen molar-refractivity contribution >= 4 is 30.0 Å². The fraction of sp³-hybridized carbons (Fsp3) is 0.718. The maximum absolute atomic E-state index is 13.4. The van der Waals surface area contributed by atoms with Crippen LogP contribution in [0.1, 0.15) is 102 Å². The van der Waals surface area contributed by atoms with E-state index in [0.717, 1.165) is 32.1 Å². The van der Waals surface area contributed by atoms with Crippen LogP contribution in [0.25, 0.3) is 0 Å². The van der Waals surface area contributed by atoms with Crippen LogP contribution in [0.4, 0.5) is 9.59 Å². The van der Waals surface area contributed by atoms with E-state index in [2.05, 4.69) is 36.9 Å². The Balaban J connectivity index is 1.28. The molecule has 4 aliphatic rings. The molecule has 1 aromatic carbocycles. The van der Waals surface area contributed by atoms with Crippen LogP contribution in [0.2, 0.25) is 0 Å². The largest absolute Gasteiger partial charge is 0.496 e. The number of carbonyl (C=O) groups is 5. The number of fused-ring (bicyclic) bond motifs is 5. The fourth-order valence-electron chi connectivity index (χ4n) is 10.8. The molecule has 1 aromatic rings. The Morgan fingerprint density at radius 1 is 0.846 bits per heavy atom. The van der Waals surface area contributed by atoms with Crippen molar-refractivity contribution in [2.45, 2.75) is 110 Å². The minimum Gasteiger partial charge on any atom is -0.496 e. The zero-order chi connectivity index (χ0) is 37.8. The molecule has 13 heteroatoms. The molecule has 0 bridgehead atoms. The van der Waals surface area contributed by atoms with Gasteiger partial charge >= 0.3 is 24.1 Å². The number of rotatable bonds is 10. The number of hydrazine groups is 1. The van der Waals surface area contributed by atoms with Crippen molar-refractivity contribution in [1.82, 2.24) is 16.2 Å². The summed E-state index contributed by atoms with van der Waals surface area (Å²) in [6, 6.07) is 5.89. The first-order chi connectivity index (χ1) is 24.8. The SMILES string of the molecule is COC(=O)CC[C@@H](C)[C@H]1CC[C@H]2[C@@H]3CC[C@@H]4C[C@H](OC(=O)NNC(=O)c5ccccc5OC)CC[C@]4(C)[C@H]3C[C@H](OC(=O)N[C@@H](C)C(=O)OC)[C@]12C. The summed E-state index contributed by atoms with van der Waals surface area (Å²) < 4.78 is 27.2. The summed E-state index contributed by atoms with van der Waals surface area (Å²) in [5, 5.41) is 2.68. The molecule has 52 heavy (non-hydrogen) atoms. The molecule has 3 amide bonds. The van der Waals surface area contributed by atoms with E-state index < -0.39 is 30.1 Å². The predicted molar refractivity (Wildman–Crippen MR) is 190 cm³/mol. The summed E-state index contributed by atoms with van der Waals surface area (Å²) >= 11 is 0. The topological polar surface area (TPSA) is 168 Å². The highest BCUT2D eigenvalue weighted by Crippen LogP contribution is 2.69. The number of benzene rings is 1. The Hall–Kier alpha value is -4.03. The third kappa shape index (κ3) is 7.83. The lowest BCUT2D eigenvalue weighted by molar-refractivity contribution is -0.175. The maximum Gasteiger partial charge on any atom is 0.426 e. The third-order valence-corrected chi connectivity index (χ3v) is 13.5. The standard InChI is InChI=1S/C39H57N3O10/c1-22(12-17-33(43)49-6)28-15-16-29-26-14-13-24-20-25(51-37(47)42-41-34(44)27-10-8-9-11-31(27)48-5)18-19-38(24,3)30(26)21-32(39(28,29)4)52-36(46)40-23(2)35(45)50-7/h8-11,22-26,28-30,32H,12-21H2,1-7H3,(H,40,46)(H,41,44)(H,42,47)/t22-,23+,24-,25-,26+,28-,29+,30+,32+,38+,39-/m1/s1. The van der Waals surface area contributed by atoms with Gasteiger partial charge in [-0.2, -0.15) is 0 Å². The smallest absolute Gasteiger partial charge is 0.426 e. The number of nitrogens with one attached hydrogen (secondary N) is 3. The number of methoxy groups -OCH3 is 3. The molecule has 5 rings (SSSR count). The minimum atomic E-state index is -0.852. The molecule has 288 valence electrons. The lowest BCUT2D eigenvalue weighted by Gasteiger charge is -2.62. The van der Waals surface area contributed by atoms with Crippen molar-refractivity contribution in [2.75, 3.05) is 21.3 Å². The van der Waals surface area contributed by atoms with Crippen molar-refractivity contribution in [2.24, 2.45) is 46.3 Å². The molecule has 0 radical (unpaired) electrons. The first kappa shape index (κ1) is 39.2. The summed E-state index contributed by atoms with van der Waals surface area (Å²) in [6.45, 7) is 8.42. The van der Waals surface area contributed by atoms with E-state index in [9.17, 15) is 24.0 Å². The van der Waals surface area contributed by atoms with E-state index in [-0.39, 0.29) is 40.8 Å². The van der Waals surface area contributed by atoms with Gasteiger partial charge in [0.1, 0.15) is 24.0 Å². The molecule has 13 nitrogen and oxygen atoms in total. The number of hydrogen-bond acceptors (Lipinski definition) is 10. The molecule has 3 N–H and O–H groups in total. The molecule has 11 atom stereocenters. The normalized spacial score (nSPS) is 33.0. The highest BCUT2D eigenvalue weighted by molar-refractivity contribution is 5.97. The van der Waals surface area contributed by atoms with Gasteiger partial charge in [0.15, 0.2) is 0 Å². The van der Waals surface area contributed by atoms with Crippen LogP contribution in [0, 0.1) is 46.3 Å². The zero-order valence-electron chi connectivity index (χ0n) is 31.7. The Labute approximate surface area is 306 Å². The highest BCUT2D eigenvalue weighted by atomic mass is 16.6. The molecule has 0 heterocycles. The molecule has 4 saturated carbocycles. The van der Waals surface area contributed by atoms with E-state index >= 15 is 0 Å². The number of hydrogen-bond donors (Lipinski definition) is 3. The molecule has 0 saturated heterocycles. The van der Waals surface area contributed by atoms with Gasteiger partial charge in [-0.25, -0.2) is 19.8 Å². The van der Waals surface area contributed by atoms with Crippen LogP contribution in [-0.4, -0.2) is 69.6 Å². The lowest BCUT2D eigenvalue weighted by Crippen LogP contribution is -2.60. The van der Waals surface area contributed by atoms with Crippen molar-refractivity contribution < 1.29 is 47.7 Å². The Morgan fingerprint density at radius 2 is 1.60 bits per heavy atom. The quantitative estimate of drug-likeness (QED) is 0.149. The van der Waals surface area contributed by atoms with Crippen molar-refractivity contribution in [3.05, 3.63) is 29.8 Å². The van der Waals surface area contributed by atoms with Gasteiger partial charge < -0.3 is 29.0 Å². The molecule has 0 spiro atoms. The van der Waals surface area contributed by atoms with Crippen LogP contribution in [0.3, 0.4) is 0 Å². The lowest BCUT2D eigenvalue weighted by atomic mass is 9.43. The second kappa shape index (κ2) is 16.3. The van der Waals surface area contributed by atoms with E-state index in [1.807, 2.05) is 0 Å². The van der Waals surface area contributed by atoms with Crippen molar-refractivity contribution in [1.29, 1.82) is 0 Å². The molecule has 0 aromatic heterocycles. The third-order valence-electron chi connectivity index (χ3n) is 13.5. The number of carbonyl (C=O) groups excluding carboxylic acids is 5. The fourth-order valence-corrected chi connectivity index (χ4v) is 10.8.